The quantitative estimate of drug-likeness (QED) is 0.647. The lowest BCUT2D eigenvalue weighted by molar-refractivity contribution is -0.118. The number of benzene rings is 3. The van der Waals surface area contributed by atoms with E-state index in [0.29, 0.717) is 27.8 Å². The second-order valence-electron chi connectivity index (χ2n) is 5.90. The van der Waals surface area contributed by atoms with E-state index < -0.39 is 0 Å². The Bertz CT molecular complexity index is 1010. The van der Waals surface area contributed by atoms with E-state index in [1.807, 2.05) is 24.3 Å². The van der Waals surface area contributed by atoms with Gasteiger partial charge in [0, 0.05) is 5.69 Å². The number of nitriles is 1. The van der Waals surface area contributed by atoms with Crippen molar-refractivity contribution < 1.29 is 14.3 Å². The first kappa shape index (κ1) is 19.3. The molecule has 0 heterocycles. The molecule has 5 nitrogen and oxygen atoms in total. The minimum absolute atomic E-state index is 0.125. The maximum Gasteiger partial charge on any atom is 0.262 e. The van der Waals surface area contributed by atoms with Gasteiger partial charge in [0.05, 0.1) is 23.8 Å². The van der Waals surface area contributed by atoms with Crippen LogP contribution in [0, 0.1) is 11.3 Å². The minimum atomic E-state index is -0.294. The van der Waals surface area contributed by atoms with E-state index in [1.165, 1.54) is 7.11 Å². The van der Waals surface area contributed by atoms with Gasteiger partial charge in [-0.25, -0.2) is 0 Å². The van der Waals surface area contributed by atoms with Gasteiger partial charge in [-0.3, -0.25) is 4.79 Å². The third-order valence-electron chi connectivity index (χ3n) is 4.01. The van der Waals surface area contributed by atoms with Gasteiger partial charge < -0.3 is 14.8 Å². The first-order valence-electron chi connectivity index (χ1n) is 8.46. The Morgan fingerprint density at radius 3 is 2.25 bits per heavy atom. The average Bonchev–Trinajstić information content (AvgIpc) is 2.73. The lowest BCUT2D eigenvalue weighted by Gasteiger charge is -2.10. The summed E-state index contributed by atoms with van der Waals surface area (Å²) in [5, 5.41) is 12.0. The number of methoxy groups -OCH3 is 1. The Balaban J connectivity index is 1.56. The Morgan fingerprint density at radius 1 is 1.04 bits per heavy atom. The van der Waals surface area contributed by atoms with Gasteiger partial charge in [0.2, 0.25) is 0 Å². The zero-order chi connectivity index (χ0) is 19.9. The molecule has 0 radical (unpaired) electrons. The summed E-state index contributed by atoms with van der Waals surface area (Å²) in [4.78, 5) is 12.1. The molecule has 3 rings (SSSR count). The third-order valence-corrected chi connectivity index (χ3v) is 4.30. The molecule has 0 fully saturated rings. The average molecular weight is 393 g/mol. The Morgan fingerprint density at radius 2 is 1.68 bits per heavy atom. The van der Waals surface area contributed by atoms with Crippen molar-refractivity contribution in [1.29, 1.82) is 5.26 Å². The van der Waals surface area contributed by atoms with Gasteiger partial charge in [0.15, 0.2) is 6.61 Å². The van der Waals surface area contributed by atoms with Crippen LogP contribution in [-0.2, 0) is 4.79 Å². The van der Waals surface area contributed by atoms with Gasteiger partial charge in [-0.2, -0.15) is 5.26 Å². The summed E-state index contributed by atoms with van der Waals surface area (Å²) in [6, 6.07) is 21.8. The fourth-order valence-electron chi connectivity index (χ4n) is 2.57. The molecule has 140 valence electrons. The summed E-state index contributed by atoms with van der Waals surface area (Å²) in [7, 11) is 1.53. The van der Waals surface area contributed by atoms with E-state index in [0.717, 1.165) is 11.1 Å². The van der Waals surface area contributed by atoms with Crippen LogP contribution in [0.25, 0.3) is 11.1 Å². The van der Waals surface area contributed by atoms with Gasteiger partial charge >= 0.3 is 0 Å². The predicted molar refractivity (Wildman–Crippen MR) is 109 cm³/mol. The number of carbonyl (C=O) groups excluding carboxylic acids is 1. The molecule has 0 aliphatic heterocycles. The molecule has 1 N–H and O–H groups in total. The number of carbonyl (C=O) groups is 1. The summed E-state index contributed by atoms with van der Waals surface area (Å²) in [5.41, 5.74) is 3.18. The lowest BCUT2D eigenvalue weighted by Crippen LogP contribution is -2.20. The molecule has 0 saturated carbocycles. The van der Waals surface area contributed by atoms with Crippen molar-refractivity contribution in [1.82, 2.24) is 0 Å². The highest BCUT2D eigenvalue weighted by Crippen LogP contribution is 2.27. The largest absolute Gasteiger partial charge is 0.495 e. The molecule has 6 heteroatoms. The molecule has 3 aromatic carbocycles. The second kappa shape index (κ2) is 8.94. The van der Waals surface area contributed by atoms with E-state index in [-0.39, 0.29) is 12.5 Å². The van der Waals surface area contributed by atoms with Gasteiger partial charge in [0.1, 0.15) is 11.5 Å². The molecular formula is C22H17ClN2O3. The fraction of sp³-hybridized carbons (Fsp3) is 0.0909. The summed E-state index contributed by atoms with van der Waals surface area (Å²) in [5.74, 6) is 0.830. The first-order valence-corrected chi connectivity index (χ1v) is 8.83. The number of hydrogen-bond acceptors (Lipinski definition) is 4. The highest BCUT2D eigenvalue weighted by atomic mass is 35.5. The fourth-order valence-corrected chi connectivity index (χ4v) is 2.83. The standard InChI is InChI=1S/C22H17ClN2O3/c1-27-21-11-8-18(12-20(21)23)25-22(26)14-28-19-9-6-17(7-10-19)16-4-2-15(13-24)3-5-16/h2-12H,14H2,1H3,(H,25,26). The molecule has 0 aromatic heterocycles. The van der Waals surface area contributed by atoms with Crippen LogP contribution in [0.2, 0.25) is 5.02 Å². The van der Waals surface area contributed by atoms with Crippen LogP contribution in [-0.4, -0.2) is 19.6 Å². The van der Waals surface area contributed by atoms with Crippen molar-refractivity contribution in [2.24, 2.45) is 0 Å². The number of anilines is 1. The van der Waals surface area contributed by atoms with E-state index in [2.05, 4.69) is 11.4 Å². The van der Waals surface area contributed by atoms with Crippen molar-refractivity contribution in [2.45, 2.75) is 0 Å². The van der Waals surface area contributed by atoms with Crippen molar-refractivity contribution in [3.05, 3.63) is 77.3 Å². The molecular weight excluding hydrogens is 376 g/mol. The molecule has 28 heavy (non-hydrogen) atoms. The Labute approximate surface area is 168 Å². The van der Waals surface area contributed by atoms with Crippen LogP contribution in [0.4, 0.5) is 5.69 Å². The Hall–Kier alpha value is -3.49. The minimum Gasteiger partial charge on any atom is -0.495 e. The molecule has 0 spiro atoms. The van der Waals surface area contributed by atoms with Gasteiger partial charge in [-0.15, -0.1) is 0 Å². The number of nitrogens with one attached hydrogen (secondary N) is 1. The monoisotopic (exact) mass is 392 g/mol. The molecule has 0 unspecified atom stereocenters. The van der Waals surface area contributed by atoms with Crippen molar-refractivity contribution >= 4 is 23.2 Å². The molecule has 0 atom stereocenters. The lowest BCUT2D eigenvalue weighted by atomic mass is 10.0. The summed E-state index contributed by atoms with van der Waals surface area (Å²) < 4.78 is 10.6. The first-order chi connectivity index (χ1) is 13.6. The number of ether oxygens (including phenoxy) is 2. The highest BCUT2D eigenvalue weighted by Gasteiger charge is 2.07. The van der Waals surface area contributed by atoms with Gasteiger partial charge in [0.25, 0.3) is 5.91 Å². The predicted octanol–water partition coefficient (Wildman–Crippen LogP) is 4.90. The van der Waals surface area contributed by atoms with Crippen LogP contribution in [0.5, 0.6) is 11.5 Å². The Kier molecular flexibility index (Phi) is 6.15. The van der Waals surface area contributed by atoms with E-state index >= 15 is 0 Å². The number of nitrogens with zero attached hydrogens (tertiary/aromatic N) is 1. The van der Waals surface area contributed by atoms with Crippen LogP contribution < -0.4 is 14.8 Å². The zero-order valence-electron chi connectivity index (χ0n) is 15.1. The molecule has 0 aliphatic carbocycles. The van der Waals surface area contributed by atoms with Crippen LogP contribution in [0.1, 0.15) is 5.56 Å². The van der Waals surface area contributed by atoms with Crippen LogP contribution >= 0.6 is 11.6 Å². The van der Waals surface area contributed by atoms with Gasteiger partial charge in [-0.1, -0.05) is 35.9 Å². The van der Waals surface area contributed by atoms with Crippen molar-refractivity contribution in [3.63, 3.8) is 0 Å². The maximum atomic E-state index is 12.1. The molecule has 0 saturated heterocycles. The summed E-state index contributed by atoms with van der Waals surface area (Å²) in [6.07, 6.45) is 0. The van der Waals surface area contributed by atoms with Crippen molar-refractivity contribution in [3.8, 4) is 28.7 Å². The zero-order valence-corrected chi connectivity index (χ0v) is 15.9. The highest BCUT2D eigenvalue weighted by molar-refractivity contribution is 6.32. The smallest absolute Gasteiger partial charge is 0.262 e. The summed E-state index contributed by atoms with van der Waals surface area (Å²) in [6.45, 7) is -0.125. The number of rotatable bonds is 6. The number of hydrogen-bond donors (Lipinski definition) is 1. The van der Waals surface area contributed by atoms with Crippen LogP contribution in [0.3, 0.4) is 0 Å². The second-order valence-corrected chi connectivity index (χ2v) is 6.31. The molecule has 3 aromatic rings. The molecule has 0 aliphatic rings. The molecule has 0 bridgehead atoms. The summed E-state index contributed by atoms with van der Waals surface area (Å²) >= 11 is 6.04. The van der Waals surface area contributed by atoms with Crippen LogP contribution in [0.15, 0.2) is 66.7 Å². The third kappa shape index (κ3) is 4.81. The maximum absolute atomic E-state index is 12.1. The van der Waals surface area contributed by atoms with Gasteiger partial charge in [-0.05, 0) is 53.6 Å². The molecule has 1 amide bonds. The van der Waals surface area contributed by atoms with E-state index in [4.69, 9.17) is 26.3 Å². The van der Waals surface area contributed by atoms with Crippen molar-refractivity contribution in [2.75, 3.05) is 19.0 Å². The number of halogens is 1. The van der Waals surface area contributed by atoms with E-state index in [9.17, 15) is 4.79 Å². The SMILES string of the molecule is COc1ccc(NC(=O)COc2ccc(-c3ccc(C#N)cc3)cc2)cc1Cl. The number of amides is 1. The normalized spacial score (nSPS) is 10.0. The van der Waals surface area contributed by atoms with E-state index in [1.54, 1.807) is 42.5 Å². The topological polar surface area (TPSA) is 71.3 Å².